The normalized spacial score (nSPS) is 12.0. The van der Waals surface area contributed by atoms with Crippen molar-refractivity contribution < 1.29 is 9.59 Å². The topological polar surface area (TPSA) is 70.6 Å². The van der Waals surface area contributed by atoms with Gasteiger partial charge in [0.15, 0.2) is 0 Å². The molecule has 0 heterocycles. The lowest BCUT2D eigenvalue weighted by Crippen LogP contribution is -2.43. The molecule has 0 radical (unpaired) electrons. The van der Waals surface area contributed by atoms with Crippen LogP contribution < -0.4 is 10.7 Å². The standard InChI is InChI=1S/C17H15Br2N3O2/c1-11(21-17(24)14-4-2-3-5-15(14)19)16(23)22-20-10-12-6-8-13(18)9-7-12/h2-11H,1H3,(H,21,24)(H,22,23). The van der Waals surface area contributed by atoms with Gasteiger partial charge in [0, 0.05) is 8.95 Å². The smallest absolute Gasteiger partial charge is 0.262 e. The van der Waals surface area contributed by atoms with Gasteiger partial charge in [0.1, 0.15) is 6.04 Å². The first-order chi connectivity index (χ1) is 11.5. The molecule has 5 nitrogen and oxygen atoms in total. The van der Waals surface area contributed by atoms with Crippen LogP contribution >= 0.6 is 31.9 Å². The SMILES string of the molecule is CC(NC(=O)c1ccccc1Br)C(=O)NN=Cc1ccc(Br)cc1. The van der Waals surface area contributed by atoms with Crippen LogP contribution in [-0.4, -0.2) is 24.1 Å². The number of carbonyl (C=O) groups excluding carboxylic acids is 2. The van der Waals surface area contributed by atoms with E-state index in [1.807, 2.05) is 30.3 Å². The number of hydrogen-bond donors (Lipinski definition) is 2. The first-order valence-electron chi connectivity index (χ1n) is 7.11. The molecule has 1 unspecified atom stereocenters. The number of rotatable bonds is 5. The van der Waals surface area contributed by atoms with Crippen LogP contribution in [0.3, 0.4) is 0 Å². The van der Waals surface area contributed by atoms with Gasteiger partial charge in [-0.25, -0.2) is 5.43 Å². The van der Waals surface area contributed by atoms with Crippen molar-refractivity contribution in [2.45, 2.75) is 13.0 Å². The molecule has 0 aliphatic carbocycles. The van der Waals surface area contributed by atoms with Gasteiger partial charge in [-0.05, 0) is 52.7 Å². The number of halogens is 2. The molecular weight excluding hydrogens is 438 g/mol. The largest absolute Gasteiger partial charge is 0.340 e. The Labute approximate surface area is 156 Å². The fourth-order valence-corrected chi connectivity index (χ4v) is 2.53. The monoisotopic (exact) mass is 451 g/mol. The van der Waals surface area contributed by atoms with Crippen molar-refractivity contribution in [1.29, 1.82) is 0 Å². The molecule has 0 aliphatic rings. The zero-order chi connectivity index (χ0) is 17.5. The van der Waals surface area contributed by atoms with Gasteiger partial charge >= 0.3 is 0 Å². The average molecular weight is 453 g/mol. The summed E-state index contributed by atoms with van der Waals surface area (Å²) in [6.45, 7) is 1.60. The minimum absolute atomic E-state index is 0.331. The third-order valence-electron chi connectivity index (χ3n) is 3.12. The molecule has 2 amide bonds. The summed E-state index contributed by atoms with van der Waals surface area (Å²) in [4.78, 5) is 24.1. The predicted octanol–water partition coefficient (Wildman–Crippen LogP) is 3.48. The van der Waals surface area contributed by atoms with E-state index in [1.165, 1.54) is 6.21 Å². The van der Waals surface area contributed by atoms with Gasteiger partial charge in [0.05, 0.1) is 11.8 Å². The maximum absolute atomic E-state index is 12.1. The number of nitrogens with one attached hydrogen (secondary N) is 2. The van der Waals surface area contributed by atoms with Crippen molar-refractivity contribution >= 4 is 49.9 Å². The third kappa shape index (κ3) is 5.28. The molecule has 2 aromatic rings. The van der Waals surface area contributed by atoms with Crippen LogP contribution in [0.2, 0.25) is 0 Å². The summed E-state index contributed by atoms with van der Waals surface area (Å²) in [6, 6.07) is 13.8. The fraction of sp³-hybridized carbons (Fsp3) is 0.118. The fourth-order valence-electron chi connectivity index (χ4n) is 1.80. The minimum atomic E-state index is -0.716. The highest BCUT2D eigenvalue weighted by Crippen LogP contribution is 2.15. The number of hydrogen-bond acceptors (Lipinski definition) is 3. The van der Waals surface area contributed by atoms with Crippen molar-refractivity contribution in [1.82, 2.24) is 10.7 Å². The Balaban J connectivity index is 1.89. The van der Waals surface area contributed by atoms with Crippen molar-refractivity contribution in [3.8, 4) is 0 Å². The Morgan fingerprint density at radius 3 is 2.42 bits per heavy atom. The minimum Gasteiger partial charge on any atom is -0.340 e. The Hall–Kier alpha value is -1.99. The molecule has 7 heteroatoms. The van der Waals surface area contributed by atoms with E-state index in [0.29, 0.717) is 10.0 Å². The lowest BCUT2D eigenvalue weighted by atomic mass is 10.2. The van der Waals surface area contributed by atoms with Gasteiger partial charge in [0.2, 0.25) is 0 Å². The lowest BCUT2D eigenvalue weighted by molar-refractivity contribution is -0.122. The maximum Gasteiger partial charge on any atom is 0.262 e. The zero-order valence-corrected chi connectivity index (χ0v) is 16.0. The van der Waals surface area contributed by atoms with Crippen molar-refractivity contribution in [3.05, 3.63) is 68.6 Å². The van der Waals surface area contributed by atoms with E-state index >= 15 is 0 Å². The molecule has 0 aromatic heterocycles. The summed E-state index contributed by atoms with van der Waals surface area (Å²) in [7, 11) is 0. The maximum atomic E-state index is 12.1. The van der Waals surface area contributed by atoms with Crippen LogP contribution in [0.1, 0.15) is 22.8 Å². The van der Waals surface area contributed by atoms with Gasteiger partial charge in [-0.1, -0.05) is 40.2 Å². The van der Waals surface area contributed by atoms with Crippen LogP contribution in [-0.2, 0) is 4.79 Å². The second kappa shape index (κ2) is 8.75. The highest BCUT2D eigenvalue weighted by atomic mass is 79.9. The van der Waals surface area contributed by atoms with Crippen LogP contribution in [0, 0.1) is 0 Å². The number of hydrazone groups is 1. The van der Waals surface area contributed by atoms with E-state index in [9.17, 15) is 9.59 Å². The molecule has 1 atom stereocenters. The van der Waals surface area contributed by atoms with Crippen molar-refractivity contribution in [3.63, 3.8) is 0 Å². The predicted molar refractivity (Wildman–Crippen MR) is 101 cm³/mol. The van der Waals surface area contributed by atoms with Crippen LogP contribution in [0.4, 0.5) is 0 Å². The molecule has 0 fully saturated rings. The van der Waals surface area contributed by atoms with Crippen LogP contribution in [0.15, 0.2) is 62.6 Å². The van der Waals surface area contributed by atoms with E-state index in [2.05, 4.69) is 47.7 Å². The molecule has 0 spiro atoms. The first-order valence-corrected chi connectivity index (χ1v) is 8.70. The Morgan fingerprint density at radius 2 is 1.75 bits per heavy atom. The molecule has 2 aromatic carbocycles. The molecular formula is C17H15Br2N3O2. The van der Waals surface area contributed by atoms with Crippen LogP contribution in [0.5, 0.6) is 0 Å². The molecule has 0 bridgehead atoms. The summed E-state index contributed by atoms with van der Waals surface area (Å²) in [5.74, 6) is -0.731. The third-order valence-corrected chi connectivity index (χ3v) is 4.34. The number of carbonyl (C=O) groups is 2. The number of nitrogens with zero attached hydrogens (tertiary/aromatic N) is 1. The van der Waals surface area contributed by atoms with E-state index < -0.39 is 11.9 Å². The van der Waals surface area contributed by atoms with Crippen LogP contribution in [0.25, 0.3) is 0 Å². The van der Waals surface area contributed by atoms with Gasteiger partial charge in [-0.15, -0.1) is 0 Å². The van der Waals surface area contributed by atoms with Gasteiger partial charge in [-0.3, -0.25) is 9.59 Å². The highest BCUT2D eigenvalue weighted by molar-refractivity contribution is 9.10. The lowest BCUT2D eigenvalue weighted by Gasteiger charge is -2.12. The molecule has 124 valence electrons. The summed E-state index contributed by atoms with van der Waals surface area (Å²) >= 11 is 6.65. The van der Waals surface area contributed by atoms with E-state index in [-0.39, 0.29) is 5.91 Å². The molecule has 0 aliphatic heterocycles. The van der Waals surface area contributed by atoms with Gasteiger partial charge < -0.3 is 5.32 Å². The Morgan fingerprint density at radius 1 is 1.08 bits per heavy atom. The Bertz CT molecular complexity index is 761. The summed E-state index contributed by atoms with van der Waals surface area (Å²) < 4.78 is 1.63. The summed E-state index contributed by atoms with van der Waals surface area (Å²) in [6.07, 6.45) is 1.53. The second-order valence-corrected chi connectivity index (χ2v) is 6.73. The van der Waals surface area contributed by atoms with Gasteiger partial charge in [0.25, 0.3) is 11.8 Å². The van der Waals surface area contributed by atoms with Crippen molar-refractivity contribution in [2.24, 2.45) is 5.10 Å². The molecule has 0 saturated heterocycles. The molecule has 2 rings (SSSR count). The first kappa shape index (κ1) is 18.4. The quantitative estimate of drug-likeness (QED) is 0.538. The van der Waals surface area contributed by atoms with E-state index in [4.69, 9.17) is 0 Å². The summed E-state index contributed by atoms with van der Waals surface area (Å²) in [5, 5.41) is 6.52. The van der Waals surface area contributed by atoms with Gasteiger partial charge in [-0.2, -0.15) is 5.10 Å². The highest BCUT2D eigenvalue weighted by Gasteiger charge is 2.17. The van der Waals surface area contributed by atoms with Crippen molar-refractivity contribution in [2.75, 3.05) is 0 Å². The molecule has 24 heavy (non-hydrogen) atoms. The van der Waals surface area contributed by atoms with E-state index in [0.717, 1.165) is 10.0 Å². The number of benzene rings is 2. The Kier molecular flexibility index (Phi) is 6.69. The average Bonchev–Trinajstić information content (AvgIpc) is 2.56. The second-order valence-electron chi connectivity index (χ2n) is 4.96. The summed E-state index contributed by atoms with van der Waals surface area (Å²) in [5.41, 5.74) is 3.73. The number of amides is 2. The molecule has 2 N–H and O–H groups in total. The van der Waals surface area contributed by atoms with E-state index in [1.54, 1.807) is 25.1 Å². The zero-order valence-electron chi connectivity index (χ0n) is 12.8. The molecule has 0 saturated carbocycles.